The number of aromatic nitrogens is 2. The fourth-order valence-electron chi connectivity index (χ4n) is 2.06. The molecule has 1 heterocycles. The van der Waals surface area contributed by atoms with Crippen molar-refractivity contribution in [3.05, 3.63) is 30.0 Å². The number of para-hydroxylation sites is 2. The SMILES string of the molecule is Cc1nc2ccccc2nc1S[C@@H](C)C(=O)N[C@](C)(C#N)C(C)C. The predicted molar refractivity (Wildman–Crippen MR) is 96.6 cm³/mol. The van der Waals surface area contributed by atoms with Gasteiger partial charge in [0.15, 0.2) is 0 Å². The number of aryl methyl sites for hydroxylation is 1. The van der Waals surface area contributed by atoms with Gasteiger partial charge in [-0.25, -0.2) is 9.97 Å². The van der Waals surface area contributed by atoms with Crippen molar-refractivity contribution in [1.82, 2.24) is 15.3 Å². The number of fused-ring (bicyclic) bond motifs is 1. The zero-order valence-corrected chi connectivity index (χ0v) is 15.4. The van der Waals surface area contributed by atoms with E-state index in [0.717, 1.165) is 21.8 Å². The maximum absolute atomic E-state index is 12.5. The third kappa shape index (κ3) is 3.85. The summed E-state index contributed by atoms with van der Waals surface area (Å²) < 4.78 is 0. The molecule has 0 saturated carbocycles. The summed E-state index contributed by atoms with van der Waals surface area (Å²) in [6.45, 7) is 9.28. The molecular formula is C18H22N4OS. The third-order valence-corrected chi connectivity index (χ3v) is 5.31. The number of carbonyl (C=O) groups excluding carboxylic acids is 1. The van der Waals surface area contributed by atoms with Crippen LogP contribution in [0.15, 0.2) is 29.3 Å². The van der Waals surface area contributed by atoms with Crippen molar-refractivity contribution in [1.29, 1.82) is 5.26 Å². The molecule has 0 spiro atoms. The molecule has 1 aromatic heterocycles. The molecule has 0 saturated heterocycles. The molecule has 0 bridgehead atoms. The zero-order valence-electron chi connectivity index (χ0n) is 14.6. The number of amides is 1. The van der Waals surface area contributed by atoms with Gasteiger partial charge in [-0.2, -0.15) is 5.26 Å². The van der Waals surface area contributed by atoms with Crippen LogP contribution in [0.5, 0.6) is 0 Å². The van der Waals surface area contributed by atoms with Gasteiger partial charge in [0.2, 0.25) is 5.91 Å². The first kappa shape index (κ1) is 18.2. The lowest BCUT2D eigenvalue weighted by molar-refractivity contribution is -0.121. The van der Waals surface area contributed by atoms with Crippen molar-refractivity contribution >= 4 is 28.7 Å². The molecule has 0 aliphatic heterocycles. The highest BCUT2D eigenvalue weighted by Crippen LogP contribution is 2.26. The standard InChI is InChI=1S/C18H22N4OS/c1-11(2)18(5,10-19)22-16(23)13(4)24-17-12(3)20-14-8-6-7-9-15(14)21-17/h6-9,11,13H,1-5H3,(H,22,23)/t13-,18+/m0/s1. The van der Waals surface area contributed by atoms with Crippen LogP contribution in [0.2, 0.25) is 0 Å². The number of benzene rings is 1. The molecule has 0 aliphatic rings. The Morgan fingerprint density at radius 1 is 1.25 bits per heavy atom. The molecule has 1 N–H and O–H groups in total. The monoisotopic (exact) mass is 342 g/mol. The van der Waals surface area contributed by atoms with Crippen LogP contribution < -0.4 is 5.32 Å². The molecular weight excluding hydrogens is 320 g/mol. The Bertz CT molecular complexity index is 799. The van der Waals surface area contributed by atoms with Crippen molar-refractivity contribution in [3.63, 3.8) is 0 Å². The van der Waals surface area contributed by atoms with Crippen molar-refractivity contribution < 1.29 is 4.79 Å². The minimum Gasteiger partial charge on any atom is -0.337 e. The molecule has 5 nitrogen and oxygen atoms in total. The minimum absolute atomic E-state index is 0.0193. The number of hydrogen-bond acceptors (Lipinski definition) is 5. The summed E-state index contributed by atoms with van der Waals surface area (Å²) in [5.74, 6) is -0.155. The lowest BCUT2D eigenvalue weighted by atomic mass is 9.90. The van der Waals surface area contributed by atoms with Crippen LogP contribution in [0, 0.1) is 24.2 Å². The Balaban J connectivity index is 2.17. The maximum Gasteiger partial charge on any atom is 0.234 e. The second-order valence-corrected chi connectivity index (χ2v) is 7.65. The van der Waals surface area contributed by atoms with Gasteiger partial charge < -0.3 is 5.32 Å². The van der Waals surface area contributed by atoms with Gasteiger partial charge in [-0.05, 0) is 38.8 Å². The molecule has 0 unspecified atom stereocenters. The van der Waals surface area contributed by atoms with Gasteiger partial charge in [0.05, 0.1) is 28.0 Å². The van der Waals surface area contributed by atoms with Gasteiger partial charge in [-0.3, -0.25) is 4.79 Å². The second kappa shape index (κ2) is 7.18. The summed E-state index contributed by atoms with van der Waals surface area (Å²) in [6, 6.07) is 9.86. The fraction of sp³-hybridized carbons (Fsp3) is 0.444. The normalized spacial score (nSPS) is 14.9. The zero-order chi connectivity index (χ0) is 17.9. The largest absolute Gasteiger partial charge is 0.337 e. The Morgan fingerprint density at radius 3 is 2.38 bits per heavy atom. The first-order chi connectivity index (χ1) is 11.3. The molecule has 1 amide bonds. The van der Waals surface area contributed by atoms with Crippen LogP contribution in [-0.2, 0) is 4.79 Å². The Labute approximate surface area is 146 Å². The third-order valence-electron chi connectivity index (χ3n) is 4.13. The first-order valence-corrected chi connectivity index (χ1v) is 8.78. The summed E-state index contributed by atoms with van der Waals surface area (Å²) in [5, 5.41) is 12.6. The van der Waals surface area contributed by atoms with E-state index in [4.69, 9.17) is 0 Å². The Kier molecular flexibility index (Phi) is 5.45. The lowest BCUT2D eigenvalue weighted by Crippen LogP contribution is -2.51. The van der Waals surface area contributed by atoms with Crippen LogP contribution in [0.1, 0.15) is 33.4 Å². The summed E-state index contributed by atoms with van der Waals surface area (Å²) in [4.78, 5) is 21.6. The van der Waals surface area contributed by atoms with E-state index in [1.54, 1.807) is 6.92 Å². The quantitative estimate of drug-likeness (QED) is 0.842. The van der Waals surface area contributed by atoms with Gasteiger partial charge in [-0.15, -0.1) is 0 Å². The van der Waals surface area contributed by atoms with E-state index in [2.05, 4.69) is 21.4 Å². The molecule has 0 fully saturated rings. The van der Waals surface area contributed by atoms with E-state index in [1.807, 2.05) is 52.0 Å². The van der Waals surface area contributed by atoms with Crippen LogP contribution in [0.3, 0.4) is 0 Å². The highest BCUT2D eigenvalue weighted by molar-refractivity contribution is 8.00. The number of nitrogens with one attached hydrogen (secondary N) is 1. The highest BCUT2D eigenvalue weighted by Gasteiger charge is 2.32. The van der Waals surface area contributed by atoms with Gasteiger partial charge in [0, 0.05) is 0 Å². The molecule has 0 aliphatic carbocycles. The molecule has 24 heavy (non-hydrogen) atoms. The Morgan fingerprint density at radius 2 is 1.83 bits per heavy atom. The molecule has 6 heteroatoms. The van der Waals surface area contributed by atoms with E-state index in [0.29, 0.717) is 0 Å². The van der Waals surface area contributed by atoms with Crippen LogP contribution >= 0.6 is 11.8 Å². The van der Waals surface area contributed by atoms with E-state index in [1.165, 1.54) is 11.8 Å². The molecule has 1 aromatic carbocycles. The number of thioether (sulfide) groups is 1. The van der Waals surface area contributed by atoms with E-state index in [-0.39, 0.29) is 17.1 Å². The van der Waals surface area contributed by atoms with Crippen molar-refractivity contribution in [2.24, 2.45) is 5.92 Å². The van der Waals surface area contributed by atoms with Crippen molar-refractivity contribution in [3.8, 4) is 6.07 Å². The van der Waals surface area contributed by atoms with Gasteiger partial charge >= 0.3 is 0 Å². The predicted octanol–water partition coefficient (Wildman–Crippen LogP) is 3.47. The molecule has 2 rings (SSSR count). The number of rotatable bonds is 5. The summed E-state index contributed by atoms with van der Waals surface area (Å²) in [5.41, 5.74) is 1.57. The second-order valence-electron chi connectivity index (χ2n) is 6.32. The van der Waals surface area contributed by atoms with E-state index in [9.17, 15) is 10.1 Å². The van der Waals surface area contributed by atoms with Gasteiger partial charge in [-0.1, -0.05) is 37.7 Å². The van der Waals surface area contributed by atoms with Crippen LogP contribution in [0.4, 0.5) is 0 Å². The van der Waals surface area contributed by atoms with Crippen molar-refractivity contribution in [2.75, 3.05) is 0 Å². The molecule has 126 valence electrons. The number of nitrogens with zero attached hydrogens (tertiary/aromatic N) is 3. The summed E-state index contributed by atoms with van der Waals surface area (Å²) in [7, 11) is 0. The number of hydrogen-bond donors (Lipinski definition) is 1. The highest BCUT2D eigenvalue weighted by atomic mass is 32.2. The summed E-state index contributed by atoms with van der Waals surface area (Å²) >= 11 is 1.36. The number of nitriles is 1. The van der Waals surface area contributed by atoms with E-state index >= 15 is 0 Å². The first-order valence-electron chi connectivity index (χ1n) is 7.90. The lowest BCUT2D eigenvalue weighted by Gasteiger charge is -2.28. The maximum atomic E-state index is 12.5. The smallest absolute Gasteiger partial charge is 0.234 e. The van der Waals surface area contributed by atoms with Crippen molar-refractivity contribution in [2.45, 2.75) is 50.4 Å². The molecule has 2 aromatic rings. The summed E-state index contributed by atoms with van der Waals surface area (Å²) in [6.07, 6.45) is 0. The molecule has 2 atom stereocenters. The fourth-order valence-corrected chi connectivity index (χ4v) is 2.93. The van der Waals surface area contributed by atoms with Crippen LogP contribution in [0.25, 0.3) is 11.0 Å². The van der Waals surface area contributed by atoms with E-state index < -0.39 is 5.54 Å². The van der Waals surface area contributed by atoms with Gasteiger partial charge in [0.1, 0.15) is 10.6 Å². The average Bonchev–Trinajstić information content (AvgIpc) is 2.55. The number of carbonyl (C=O) groups is 1. The Hall–Kier alpha value is -2.13. The van der Waals surface area contributed by atoms with Crippen LogP contribution in [-0.4, -0.2) is 26.7 Å². The molecule has 0 radical (unpaired) electrons. The topological polar surface area (TPSA) is 78.7 Å². The average molecular weight is 342 g/mol. The van der Waals surface area contributed by atoms with Gasteiger partial charge in [0.25, 0.3) is 0 Å². The minimum atomic E-state index is -0.879.